The number of aryl methyl sites for hydroxylation is 1. The lowest BCUT2D eigenvalue weighted by Crippen LogP contribution is -2.04. The minimum Gasteiger partial charge on any atom is -0.399 e. The Hall–Kier alpha value is -2.68. The molecule has 0 fully saturated rings. The molecule has 0 amide bonds. The summed E-state index contributed by atoms with van der Waals surface area (Å²) in [6, 6.07) is 14.8. The van der Waals surface area contributed by atoms with Crippen LogP contribution in [-0.4, -0.2) is 10.8 Å². The summed E-state index contributed by atoms with van der Waals surface area (Å²) < 4.78 is 0. The fourth-order valence-corrected chi connectivity index (χ4v) is 2.26. The molecule has 2 N–H and O–H groups in total. The summed E-state index contributed by atoms with van der Waals surface area (Å²) in [5, 5.41) is 0.963. The molecule has 20 heavy (non-hydrogen) atoms. The quantitative estimate of drug-likeness (QED) is 0.569. The molecule has 1 heterocycles. The Bertz CT molecular complexity index is 804. The number of pyridine rings is 1. The van der Waals surface area contributed by atoms with Crippen molar-refractivity contribution in [3.63, 3.8) is 0 Å². The van der Waals surface area contributed by atoms with Crippen LogP contribution in [0.5, 0.6) is 0 Å². The average molecular weight is 262 g/mol. The van der Waals surface area contributed by atoms with E-state index in [1.54, 1.807) is 18.3 Å². The van der Waals surface area contributed by atoms with E-state index in [1.807, 2.05) is 43.3 Å². The first kappa shape index (κ1) is 12.4. The zero-order valence-electron chi connectivity index (χ0n) is 11.1. The Morgan fingerprint density at radius 1 is 1.10 bits per heavy atom. The van der Waals surface area contributed by atoms with Gasteiger partial charge in [-0.3, -0.25) is 9.78 Å². The van der Waals surface area contributed by atoms with E-state index in [4.69, 9.17) is 5.73 Å². The molecule has 3 rings (SSSR count). The minimum atomic E-state index is -0.0302. The zero-order chi connectivity index (χ0) is 14.1. The van der Waals surface area contributed by atoms with Gasteiger partial charge >= 0.3 is 0 Å². The number of carbonyl (C=O) groups excluding carboxylic acids is 1. The van der Waals surface area contributed by atoms with Crippen LogP contribution in [0.25, 0.3) is 10.9 Å². The first-order chi connectivity index (χ1) is 9.66. The molecule has 3 nitrogen and oxygen atoms in total. The van der Waals surface area contributed by atoms with Gasteiger partial charge in [-0.2, -0.15) is 0 Å². The molecule has 0 radical (unpaired) electrons. The number of fused-ring (bicyclic) bond motifs is 1. The van der Waals surface area contributed by atoms with Crippen molar-refractivity contribution in [2.75, 3.05) is 5.73 Å². The molecule has 3 aromatic rings. The fourth-order valence-electron chi connectivity index (χ4n) is 2.26. The van der Waals surface area contributed by atoms with Crippen LogP contribution in [0.4, 0.5) is 5.69 Å². The molecule has 0 aliphatic carbocycles. The molecule has 0 unspecified atom stereocenters. The van der Waals surface area contributed by atoms with Crippen molar-refractivity contribution in [2.24, 2.45) is 0 Å². The van der Waals surface area contributed by atoms with E-state index < -0.39 is 0 Å². The third-order valence-corrected chi connectivity index (χ3v) is 3.41. The van der Waals surface area contributed by atoms with Crippen molar-refractivity contribution in [1.29, 1.82) is 0 Å². The summed E-state index contributed by atoms with van der Waals surface area (Å²) in [5.41, 5.74) is 9.38. The monoisotopic (exact) mass is 262 g/mol. The molecule has 0 aliphatic heterocycles. The number of nitrogen functional groups attached to an aromatic ring is 1. The molecular formula is C17H14N2O. The van der Waals surface area contributed by atoms with E-state index in [1.165, 1.54) is 0 Å². The molecule has 0 spiro atoms. The van der Waals surface area contributed by atoms with Crippen molar-refractivity contribution in [3.05, 3.63) is 71.4 Å². The van der Waals surface area contributed by atoms with Gasteiger partial charge in [-0.1, -0.05) is 18.2 Å². The van der Waals surface area contributed by atoms with Gasteiger partial charge in [-0.05, 0) is 42.8 Å². The van der Waals surface area contributed by atoms with Crippen molar-refractivity contribution in [2.45, 2.75) is 6.92 Å². The third-order valence-electron chi connectivity index (χ3n) is 3.41. The lowest BCUT2D eigenvalue weighted by Gasteiger charge is -2.07. The van der Waals surface area contributed by atoms with Crippen molar-refractivity contribution >= 4 is 22.4 Å². The van der Waals surface area contributed by atoms with Crippen molar-refractivity contribution in [1.82, 2.24) is 4.98 Å². The summed E-state index contributed by atoms with van der Waals surface area (Å²) in [7, 11) is 0. The standard InChI is InChI=1S/C17H14N2O/c1-11-10-13(7-8-15(11)18)17(20)14-6-2-4-12-5-3-9-19-16(12)14/h2-10H,18H2,1H3. The fraction of sp³-hybridized carbons (Fsp3) is 0.0588. The van der Waals surface area contributed by atoms with Crippen LogP contribution < -0.4 is 5.73 Å². The van der Waals surface area contributed by atoms with Gasteiger partial charge in [0.25, 0.3) is 0 Å². The van der Waals surface area contributed by atoms with Gasteiger partial charge < -0.3 is 5.73 Å². The second-order valence-electron chi connectivity index (χ2n) is 4.78. The Kier molecular flexibility index (Phi) is 2.95. The average Bonchev–Trinajstić information content (AvgIpc) is 2.49. The van der Waals surface area contributed by atoms with Gasteiger partial charge in [-0.15, -0.1) is 0 Å². The summed E-state index contributed by atoms with van der Waals surface area (Å²) in [6.45, 7) is 1.90. The van der Waals surface area contributed by atoms with E-state index in [-0.39, 0.29) is 5.78 Å². The van der Waals surface area contributed by atoms with E-state index in [0.29, 0.717) is 16.8 Å². The summed E-state index contributed by atoms with van der Waals surface area (Å²) >= 11 is 0. The number of benzene rings is 2. The maximum Gasteiger partial charge on any atom is 0.195 e. The number of anilines is 1. The third kappa shape index (κ3) is 2.03. The first-order valence-corrected chi connectivity index (χ1v) is 6.41. The van der Waals surface area contributed by atoms with Crippen LogP contribution in [0.3, 0.4) is 0 Å². The molecule has 0 aliphatic rings. The van der Waals surface area contributed by atoms with Crippen LogP contribution in [0.1, 0.15) is 21.5 Å². The number of nitrogens with zero attached hydrogens (tertiary/aromatic N) is 1. The normalized spacial score (nSPS) is 10.7. The van der Waals surface area contributed by atoms with Gasteiger partial charge in [0.2, 0.25) is 0 Å². The minimum absolute atomic E-state index is 0.0302. The van der Waals surface area contributed by atoms with Crippen molar-refractivity contribution in [3.8, 4) is 0 Å². The smallest absolute Gasteiger partial charge is 0.195 e. The summed E-state index contributed by atoms with van der Waals surface area (Å²) in [6.07, 6.45) is 1.70. The molecule has 98 valence electrons. The van der Waals surface area contributed by atoms with E-state index in [2.05, 4.69) is 4.98 Å². The number of rotatable bonds is 2. The van der Waals surface area contributed by atoms with Gasteiger partial charge in [0.1, 0.15) is 0 Å². The summed E-state index contributed by atoms with van der Waals surface area (Å²) in [5.74, 6) is -0.0302. The van der Waals surface area contributed by atoms with Crippen LogP contribution in [-0.2, 0) is 0 Å². The first-order valence-electron chi connectivity index (χ1n) is 6.41. The number of aromatic nitrogens is 1. The highest BCUT2D eigenvalue weighted by atomic mass is 16.1. The maximum atomic E-state index is 12.6. The largest absolute Gasteiger partial charge is 0.399 e. The number of para-hydroxylation sites is 1. The number of ketones is 1. The Balaban J connectivity index is 2.15. The molecule has 1 aromatic heterocycles. The van der Waals surface area contributed by atoms with Gasteiger partial charge in [-0.25, -0.2) is 0 Å². The second kappa shape index (κ2) is 4.78. The van der Waals surface area contributed by atoms with Crippen LogP contribution >= 0.6 is 0 Å². The van der Waals surface area contributed by atoms with Gasteiger partial charge in [0, 0.05) is 28.4 Å². The Morgan fingerprint density at radius 3 is 2.70 bits per heavy atom. The number of hydrogen-bond donors (Lipinski definition) is 1. The molecule has 0 atom stereocenters. The Labute approximate surface area is 117 Å². The highest BCUT2D eigenvalue weighted by molar-refractivity contribution is 6.15. The van der Waals surface area contributed by atoms with Gasteiger partial charge in [0.15, 0.2) is 5.78 Å². The SMILES string of the molecule is Cc1cc(C(=O)c2cccc3cccnc23)ccc1N. The highest BCUT2D eigenvalue weighted by Gasteiger charge is 2.13. The van der Waals surface area contributed by atoms with Crippen LogP contribution in [0, 0.1) is 6.92 Å². The molecular weight excluding hydrogens is 248 g/mol. The molecule has 2 aromatic carbocycles. The predicted molar refractivity (Wildman–Crippen MR) is 80.8 cm³/mol. The van der Waals surface area contributed by atoms with E-state index in [0.717, 1.165) is 16.5 Å². The molecule has 0 saturated carbocycles. The maximum absolute atomic E-state index is 12.6. The summed E-state index contributed by atoms with van der Waals surface area (Å²) in [4.78, 5) is 17.0. The van der Waals surface area contributed by atoms with Crippen LogP contribution in [0.2, 0.25) is 0 Å². The second-order valence-corrected chi connectivity index (χ2v) is 4.78. The molecule has 0 bridgehead atoms. The van der Waals surface area contributed by atoms with Crippen molar-refractivity contribution < 1.29 is 4.79 Å². The lowest BCUT2D eigenvalue weighted by molar-refractivity contribution is 0.104. The number of carbonyl (C=O) groups is 1. The predicted octanol–water partition coefficient (Wildman–Crippen LogP) is 3.36. The Morgan fingerprint density at radius 2 is 1.90 bits per heavy atom. The topological polar surface area (TPSA) is 56.0 Å². The number of hydrogen-bond acceptors (Lipinski definition) is 3. The highest BCUT2D eigenvalue weighted by Crippen LogP contribution is 2.21. The lowest BCUT2D eigenvalue weighted by atomic mass is 9.99. The van der Waals surface area contributed by atoms with Crippen LogP contribution in [0.15, 0.2) is 54.7 Å². The van der Waals surface area contributed by atoms with E-state index in [9.17, 15) is 4.79 Å². The van der Waals surface area contributed by atoms with E-state index >= 15 is 0 Å². The number of nitrogens with two attached hydrogens (primary N) is 1. The molecule has 3 heteroatoms. The molecule has 0 saturated heterocycles. The zero-order valence-corrected chi connectivity index (χ0v) is 11.1. The van der Waals surface area contributed by atoms with Gasteiger partial charge in [0.05, 0.1) is 5.52 Å².